The molecule has 0 spiro atoms. The van der Waals surface area contributed by atoms with Gasteiger partial charge in [0.05, 0.1) is 5.92 Å². The maximum Gasteiger partial charge on any atom is 0.197 e. The molecule has 0 N–H and O–H groups in total. The van der Waals surface area contributed by atoms with E-state index in [1.54, 1.807) is 0 Å². The maximum atomic E-state index is 13.7. The Balaban J connectivity index is 2.40. The molecule has 1 aromatic carbocycles. The molecule has 94 valence electrons. The quantitative estimate of drug-likeness (QED) is 0.234. The predicted molar refractivity (Wildman–Crippen MR) is 55.5 cm³/mol. The highest BCUT2D eigenvalue weighted by atomic mass is 35.5. The van der Waals surface area contributed by atoms with Gasteiger partial charge in [0, 0.05) is 17.0 Å². The van der Waals surface area contributed by atoms with Crippen molar-refractivity contribution in [1.29, 1.82) is 0 Å². The molecule has 1 nitrogen and oxygen atoms in total. The van der Waals surface area contributed by atoms with Crippen LogP contribution in [-0.4, -0.2) is 11.2 Å². The molecule has 6 heteroatoms. The van der Waals surface area contributed by atoms with E-state index in [0.29, 0.717) is 0 Å². The molecule has 3 atom stereocenters. The molecule has 3 aliphatic carbocycles. The van der Waals surface area contributed by atoms with Crippen molar-refractivity contribution < 1.29 is 22.4 Å². The van der Waals surface area contributed by atoms with Gasteiger partial charge in [0.1, 0.15) is 5.38 Å². The van der Waals surface area contributed by atoms with Crippen molar-refractivity contribution in [3.63, 3.8) is 0 Å². The Labute approximate surface area is 104 Å². The fourth-order valence-electron chi connectivity index (χ4n) is 2.55. The van der Waals surface area contributed by atoms with Gasteiger partial charge in [-0.1, -0.05) is 12.2 Å². The third kappa shape index (κ3) is 1.20. The van der Waals surface area contributed by atoms with Crippen LogP contribution in [-0.2, 0) is 4.79 Å². The summed E-state index contributed by atoms with van der Waals surface area (Å²) < 4.78 is 53.7. The Morgan fingerprint density at radius 3 is 2.06 bits per heavy atom. The lowest BCUT2D eigenvalue weighted by Crippen LogP contribution is -2.38. The van der Waals surface area contributed by atoms with Crippen LogP contribution in [0.5, 0.6) is 0 Å². The molecule has 0 fully saturated rings. The third-order valence-corrected chi connectivity index (χ3v) is 3.88. The predicted octanol–water partition coefficient (Wildman–Crippen LogP) is 3.17. The van der Waals surface area contributed by atoms with E-state index in [0.717, 1.165) is 0 Å². The average molecular weight is 277 g/mol. The molecule has 0 saturated carbocycles. The minimum Gasteiger partial charge on any atom is -0.297 e. The molecule has 0 heterocycles. The second kappa shape index (κ2) is 3.57. The van der Waals surface area contributed by atoms with Crippen molar-refractivity contribution >= 4 is 17.4 Å². The van der Waals surface area contributed by atoms with Crippen LogP contribution in [0.4, 0.5) is 17.6 Å². The summed E-state index contributed by atoms with van der Waals surface area (Å²) in [7, 11) is 0. The van der Waals surface area contributed by atoms with Crippen LogP contribution < -0.4 is 0 Å². The van der Waals surface area contributed by atoms with Gasteiger partial charge in [0.2, 0.25) is 0 Å². The highest BCUT2D eigenvalue weighted by Crippen LogP contribution is 2.48. The molecule has 2 bridgehead atoms. The summed E-state index contributed by atoms with van der Waals surface area (Å²) in [6, 6.07) is 0. The van der Waals surface area contributed by atoms with E-state index in [1.165, 1.54) is 12.2 Å². The Hall–Kier alpha value is -1.36. The van der Waals surface area contributed by atoms with Crippen LogP contribution in [0.25, 0.3) is 0 Å². The van der Waals surface area contributed by atoms with Crippen LogP contribution in [0.2, 0.25) is 0 Å². The molecule has 0 saturated heterocycles. The fraction of sp³-hybridized carbons (Fsp3) is 0.250. The molecule has 3 aliphatic rings. The molecule has 0 amide bonds. The number of fused-ring (bicyclic) bond motifs is 1. The Morgan fingerprint density at radius 1 is 0.889 bits per heavy atom. The number of Topliss-reactive ketones (excluding diaryl/α,β-unsaturated/α-hetero) is 1. The largest absolute Gasteiger partial charge is 0.297 e. The second-order valence-electron chi connectivity index (χ2n) is 4.28. The monoisotopic (exact) mass is 276 g/mol. The SMILES string of the molecule is O=C1[C@@H](Cl)[C@H]2C=C[C@@H]1c1c(F)c(F)c(F)c(F)c12. The zero-order valence-corrected chi connectivity index (χ0v) is 9.44. The van der Waals surface area contributed by atoms with E-state index in [2.05, 4.69) is 0 Å². The second-order valence-corrected chi connectivity index (χ2v) is 4.75. The van der Waals surface area contributed by atoms with Gasteiger partial charge < -0.3 is 0 Å². The van der Waals surface area contributed by atoms with Crippen molar-refractivity contribution in [2.45, 2.75) is 17.2 Å². The first kappa shape index (κ1) is 11.7. The standard InChI is InChI=1S/C12H5ClF4O/c13-7-3-1-2-4(12(7)18)6-5(3)8(14)10(16)11(17)9(6)15/h1-4,7H/t3-,4+,7-/m0/s1. The molecular weight excluding hydrogens is 272 g/mol. The van der Waals surface area contributed by atoms with Gasteiger partial charge in [-0.05, 0) is 0 Å². The highest BCUT2D eigenvalue weighted by molar-refractivity contribution is 6.33. The number of benzene rings is 1. The van der Waals surface area contributed by atoms with Crippen molar-refractivity contribution in [2.24, 2.45) is 0 Å². The van der Waals surface area contributed by atoms with Crippen LogP contribution >= 0.6 is 11.6 Å². The van der Waals surface area contributed by atoms with E-state index in [9.17, 15) is 22.4 Å². The number of ketones is 1. The van der Waals surface area contributed by atoms with E-state index in [1.807, 2.05) is 0 Å². The van der Waals surface area contributed by atoms with Crippen LogP contribution in [0.15, 0.2) is 12.2 Å². The molecule has 0 aliphatic heterocycles. The number of hydrogen-bond donors (Lipinski definition) is 0. The average Bonchev–Trinajstić information content (AvgIpc) is 2.38. The number of rotatable bonds is 0. The lowest BCUT2D eigenvalue weighted by molar-refractivity contribution is -0.120. The lowest BCUT2D eigenvalue weighted by atomic mass is 9.70. The van der Waals surface area contributed by atoms with Gasteiger partial charge in [-0.25, -0.2) is 17.6 Å². The van der Waals surface area contributed by atoms with Crippen molar-refractivity contribution in [2.75, 3.05) is 0 Å². The maximum absolute atomic E-state index is 13.7. The summed E-state index contributed by atoms with van der Waals surface area (Å²) >= 11 is 5.80. The molecule has 0 aromatic heterocycles. The zero-order chi connectivity index (χ0) is 13.2. The van der Waals surface area contributed by atoms with Gasteiger partial charge in [-0.15, -0.1) is 11.6 Å². The molecule has 0 unspecified atom stereocenters. The van der Waals surface area contributed by atoms with Crippen LogP contribution in [0, 0.1) is 23.3 Å². The number of carbonyl (C=O) groups excluding carboxylic acids is 1. The fourth-order valence-corrected chi connectivity index (χ4v) is 2.89. The zero-order valence-electron chi connectivity index (χ0n) is 8.68. The van der Waals surface area contributed by atoms with Gasteiger partial charge in [-0.2, -0.15) is 0 Å². The normalized spacial score (nSPS) is 28.7. The Morgan fingerprint density at radius 2 is 1.44 bits per heavy atom. The third-order valence-electron chi connectivity index (χ3n) is 3.39. The minimum absolute atomic E-state index is 0.349. The molecular formula is C12H5ClF4O. The summed E-state index contributed by atoms with van der Waals surface area (Å²) in [5, 5.41) is -1.08. The molecule has 18 heavy (non-hydrogen) atoms. The first-order valence-electron chi connectivity index (χ1n) is 5.17. The van der Waals surface area contributed by atoms with Gasteiger partial charge in [0.15, 0.2) is 29.1 Å². The van der Waals surface area contributed by atoms with Gasteiger partial charge >= 0.3 is 0 Å². The number of alkyl halides is 1. The van der Waals surface area contributed by atoms with Gasteiger partial charge in [0.25, 0.3) is 0 Å². The number of carbonyl (C=O) groups is 1. The summed E-state index contributed by atoms with van der Waals surface area (Å²) in [5.74, 6) is -9.38. The van der Waals surface area contributed by atoms with Crippen molar-refractivity contribution in [3.05, 3.63) is 46.5 Å². The highest BCUT2D eigenvalue weighted by Gasteiger charge is 2.47. The van der Waals surface area contributed by atoms with Crippen LogP contribution in [0.3, 0.4) is 0 Å². The first-order chi connectivity index (χ1) is 8.45. The minimum atomic E-state index is -1.90. The van der Waals surface area contributed by atoms with Crippen molar-refractivity contribution in [3.8, 4) is 0 Å². The Bertz CT molecular complexity index is 611. The topological polar surface area (TPSA) is 17.1 Å². The van der Waals surface area contributed by atoms with E-state index in [-0.39, 0.29) is 5.56 Å². The number of halogens is 5. The van der Waals surface area contributed by atoms with Crippen molar-refractivity contribution in [1.82, 2.24) is 0 Å². The molecule has 0 radical (unpaired) electrons. The molecule has 1 aromatic rings. The first-order valence-corrected chi connectivity index (χ1v) is 5.60. The van der Waals surface area contributed by atoms with Gasteiger partial charge in [-0.3, -0.25) is 4.79 Å². The molecule has 4 rings (SSSR count). The summed E-state index contributed by atoms with van der Waals surface area (Å²) in [6.45, 7) is 0. The summed E-state index contributed by atoms with van der Waals surface area (Å²) in [5.41, 5.74) is -0.778. The van der Waals surface area contributed by atoms with E-state index in [4.69, 9.17) is 11.6 Å². The summed E-state index contributed by atoms with van der Waals surface area (Å²) in [4.78, 5) is 11.7. The van der Waals surface area contributed by atoms with E-state index < -0.39 is 51.8 Å². The smallest absolute Gasteiger partial charge is 0.197 e. The lowest BCUT2D eigenvalue weighted by Gasteiger charge is -2.36. The van der Waals surface area contributed by atoms with E-state index >= 15 is 0 Å². The summed E-state index contributed by atoms with van der Waals surface area (Å²) in [6.07, 6.45) is 2.76. The van der Waals surface area contributed by atoms with Crippen LogP contribution in [0.1, 0.15) is 23.0 Å². The number of hydrogen-bond acceptors (Lipinski definition) is 1. The Kier molecular flexibility index (Phi) is 2.32. The number of allylic oxidation sites excluding steroid dienone is 2.